The molecule has 14 heavy (non-hydrogen) atoms. The van der Waals surface area contributed by atoms with E-state index < -0.39 is 0 Å². The van der Waals surface area contributed by atoms with E-state index in [2.05, 4.69) is 0 Å². The van der Waals surface area contributed by atoms with Gasteiger partial charge in [0.1, 0.15) is 5.75 Å². The molecular weight excluding hydrogens is 223 g/mol. The third-order valence-corrected chi connectivity index (χ3v) is 2.16. The summed E-state index contributed by atoms with van der Waals surface area (Å²) in [6.07, 6.45) is 0.339. The first-order valence-electron chi connectivity index (χ1n) is 4.18. The van der Waals surface area contributed by atoms with E-state index in [1.807, 2.05) is 0 Å². The van der Waals surface area contributed by atoms with Gasteiger partial charge in [-0.15, -0.1) is 11.6 Å². The summed E-state index contributed by atoms with van der Waals surface area (Å²) in [6.45, 7) is 0.354. The molecule has 1 aromatic carbocycles. The second-order valence-corrected chi connectivity index (χ2v) is 3.43. The molecule has 1 aromatic rings. The van der Waals surface area contributed by atoms with Gasteiger partial charge >= 0.3 is 0 Å². The van der Waals surface area contributed by atoms with E-state index in [1.54, 1.807) is 24.3 Å². The molecule has 0 N–H and O–H groups in total. The number of rotatable bonds is 5. The third kappa shape index (κ3) is 3.99. The summed E-state index contributed by atoms with van der Waals surface area (Å²) in [4.78, 5) is 10.8. The van der Waals surface area contributed by atoms with Crippen LogP contribution in [0.25, 0.3) is 0 Å². The normalized spacial score (nSPS) is 9.86. The second kappa shape index (κ2) is 5.89. The van der Waals surface area contributed by atoms with E-state index in [0.717, 1.165) is 0 Å². The predicted octanol–water partition coefficient (Wildman–Crippen LogP) is 2.92. The van der Waals surface area contributed by atoms with Crippen molar-refractivity contribution >= 4 is 29.0 Å². The Morgan fingerprint density at radius 2 is 1.93 bits per heavy atom. The minimum absolute atomic E-state index is 0.0133. The fourth-order valence-electron chi connectivity index (χ4n) is 0.880. The molecule has 76 valence electrons. The van der Waals surface area contributed by atoms with Crippen LogP contribution in [0.2, 0.25) is 5.02 Å². The molecule has 2 nitrogen and oxygen atoms in total. The van der Waals surface area contributed by atoms with Gasteiger partial charge in [0.25, 0.3) is 0 Å². The Morgan fingerprint density at radius 1 is 1.29 bits per heavy atom. The molecule has 0 aliphatic rings. The van der Waals surface area contributed by atoms with Crippen molar-refractivity contribution in [3.63, 3.8) is 0 Å². The van der Waals surface area contributed by atoms with Gasteiger partial charge < -0.3 is 4.74 Å². The molecule has 0 radical (unpaired) electrons. The van der Waals surface area contributed by atoms with Crippen molar-refractivity contribution < 1.29 is 9.53 Å². The van der Waals surface area contributed by atoms with E-state index in [0.29, 0.717) is 23.8 Å². The maximum absolute atomic E-state index is 10.8. The molecule has 0 saturated carbocycles. The van der Waals surface area contributed by atoms with Crippen LogP contribution in [0.5, 0.6) is 5.75 Å². The Bertz CT molecular complexity index is 295. The van der Waals surface area contributed by atoms with E-state index in [-0.39, 0.29) is 11.7 Å². The molecule has 0 bridgehead atoms. The zero-order chi connectivity index (χ0) is 10.4. The number of hydrogen-bond acceptors (Lipinski definition) is 2. The van der Waals surface area contributed by atoms with Crippen molar-refractivity contribution in [3.8, 4) is 5.75 Å². The summed E-state index contributed by atoms with van der Waals surface area (Å²) in [5.74, 6) is 0.738. The van der Waals surface area contributed by atoms with Crippen LogP contribution in [0.3, 0.4) is 0 Å². The van der Waals surface area contributed by atoms with E-state index in [1.165, 1.54) is 0 Å². The highest BCUT2D eigenvalue weighted by Gasteiger charge is 1.99. The second-order valence-electron chi connectivity index (χ2n) is 2.72. The molecule has 0 aliphatic carbocycles. The molecule has 4 heteroatoms. The van der Waals surface area contributed by atoms with Crippen molar-refractivity contribution in [3.05, 3.63) is 29.3 Å². The summed E-state index contributed by atoms with van der Waals surface area (Å²) in [5.41, 5.74) is 0. The van der Waals surface area contributed by atoms with Gasteiger partial charge in [-0.05, 0) is 24.3 Å². The number of ketones is 1. The van der Waals surface area contributed by atoms with E-state index in [9.17, 15) is 4.79 Å². The maximum Gasteiger partial charge on any atom is 0.150 e. The Kier molecular flexibility index (Phi) is 4.77. The number of halogens is 2. The van der Waals surface area contributed by atoms with Gasteiger partial charge in [0.05, 0.1) is 12.5 Å². The SMILES string of the molecule is O=C(CCl)CCOc1ccc(Cl)cc1. The smallest absolute Gasteiger partial charge is 0.150 e. The Morgan fingerprint density at radius 3 is 2.50 bits per heavy atom. The first-order chi connectivity index (χ1) is 6.72. The first-order valence-corrected chi connectivity index (χ1v) is 5.09. The quantitative estimate of drug-likeness (QED) is 0.731. The fraction of sp³-hybridized carbons (Fsp3) is 0.300. The molecule has 0 aromatic heterocycles. The standard InChI is InChI=1S/C10H10Cl2O2/c11-7-9(13)5-6-14-10-3-1-8(12)2-4-10/h1-4H,5-7H2. The number of carbonyl (C=O) groups is 1. The molecule has 0 saturated heterocycles. The molecule has 0 amide bonds. The topological polar surface area (TPSA) is 26.3 Å². The monoisotopic (exact) mass is 232 g/mol. The lowest BCUT2D eigenvalue weighted by Gasteiger charge is -2.04. The molecule has 0 aliphatic heterocycles. The average Bonchev–Trinajstić information content (AvgIpc) is 2.21. The van der Waals surface area contributed by atoms with Crippen LogP contribution in [0.1, 0.15) is 6.42 Å². The molecule has 0 fully saturated rings. The average molecular weight is 233 g/mol. The lowest BCUT2D eigenvalue weighted by atomic mass is 10.3. The largest absolute Gasteiger partial charge is 0.493 e. The number of hydrogen-bond donors (Lipinski definition) is 0. The summed E-state index contributed by atoms with van der Waals surface area (Å²) < 4.78 is 5.30. The number of ether oxygens (including phenoxy) is 1. The molecule has 0 unspecified atom stereocenters. The van der Waals surface area contributed by atoms with Crippen molar-refractivity contribution in [1.82, 2.24) is 0 Å². The van der Waals surface area contributed by atoms with Crippen molar-refractivity contribution in [1.29, 1.82) is 0 Å². The van der Waals surface area contributed by atoms with Crippen LogP contribution < -0.4 is 4.74 Å². The van der Waals surface area contributed by atoms with E-state index >= 15 is 0 Å². The van der Waals surface area contributed by atoms with E-state index in [4.69, 9.17) is 27.9 Å². The maximum atomic E-state index is 10.8. The van der Waals surface area contributed by atoms with Crippen molar-refractivity contribution in [2.75, 3.05) is 12.5 Å². The van der Waals surface area contributed by atoms with Crippen LogP contribution >= 0.6 is 23.2 Å². The Hall–Kier alpha value is -0.730. The predicted molar refractivity (Wildman–Crippen MR) is 57.3 cm³/mol. The Labute approximate surface area is 92.8 Å². The van der Waals surface area contributed by atoms with Gasteiger partial charge in [0.15, 0.2) is 5.78 Å². The highest BCUT2D eigenvalue weighted by molar-refractivity contribution is 6.30. The van der Waals surface area contributed by atoms with Crippen LogP contribution in [0.4, 0.5) is 0 Å². The van der Waals surface area contributed by atoms with Crippen molar-refractivity contribution in [2.45, 2.75) is 6.42 Å². The molecule has 0 spiro atoms. The van der Waals surface area contributed by atoms with Crippen LogP contribution in [-0.4, -0.2) is 18.3 Å². The number of benzene rings is 1. The van der Waals surface area contributed by atoms with Crippen LogP contribution in [-0.2, 0) is 4.79 Å². The highest BCUT2D eigenvalue weighted by atomic mass is 35.5. The number of alkyl halides is 1. The van der Waals surface area contributed by atoms with Gasteiger partial charge in [-0.1, -0.05) is 11.6 Å². The molecular formula is C10H10Cl2O2. The number of Topliss-reactive ketones (excluding diaryl/α,β-unsaturated/α-hetero) is 1. The molecule has 1 rings (SSSR count). The summed E-state index contributed by atoms with van der Waals surface area (Å²) >= 11 is 11.0. The first kappa shape index (κ1) is 11.3. The van der Waals surface area contributed by atoms with Crippen molar-refractivity contribution in [2.24, 2.45) is 0 Å². The fourth-order valence-corrected chi connectivity index (χ4v) is 1.14. The summed E-state index contributed by atoms with van der Waals surface area (Å²) in [7, 11) is 0. The molecule has 0 atom stereocenters. The third-order valence-electron chi connectivity index (χ3n) is 1.61. The van der Waals surface area contributed by atoms with Crippen LogP contribution in [0.15, 0.2) is 24.3 Å². The minimum Gasteiger partial charge on any atom is -0.493 e. The lowest BCUT2D eigenvalue weighted by molar-refractivity contribution is -0.117. The molecule has 0 heterocycles. The Balaban J connectivity index is 2.31. The van der Waals surface area contributed by atoms with Gasteiger partial charge in [0, 0.05) is 11.4 Å². The highest BCUT2D eigenvalue weighted by Crippen LogP contribution is 2.15. The number of carbonyl (C=O) groups excluding carboxylic acids is 1. The zero-order valence-corrected chi connectivity index (χ0v) is 9.02. The minimum atomic E-state index is -0.0133. The van der Waals surface area contributed by atoms with Gasteiger partial charge in [-0.3, -0.25) is 4.79 Å². The summed E-state index contributed by atoms with van der Waals surface area (Å²) in [6, 6.07) is 6.99. The lowest BCUT2D eigenvalue weighted by Crippen LogP contribution is -2.06. The summed E-state index contributed by atoms with van der Waals surface area (Å²) in [5, 5.41) is 0.661. The van der Waals surface area contributed by atoms with Crippen LogP contribution in [0, 0.1) is 0 Å². The zero-order valence-electron chi connectivity index (χ0n) is 7.50. The van der Waals surface area contributed by atoms with Gasteiger partial charge in [-0.2, -0.15) is 0 Å². The van der Waals surface area contributed by atoms with Gasteiger partial charge in [-0.25, -0.2) is 0 Å². The van der Waals surface area contributed by atoms with Gasteiger partial charge in [0.2, 0.25) is 0 Å².